The highest BCUT2D eigenvalue weighted by atomic mass is 32.2. The van der Waals surface area contributed by atoms with Gasteiger partial charge in [0.15, 0.2) is 0 Å². The van der Waals surface area contributed by atoms with Crippen LogP contribution in [0.2, 0.25) is 0 Å². The number of nitrogens with one attached hydrogen (secondary N) is 1. The molecule has 1 aromatic carbocycles. The van der Waals surface area contributed by atoms with E-state index in [9.17, 15) is 12.8 Å². The SMILES string of the molecule is CN(c1ccc(F)cc1)S(=O)(=O)CCN1CCNCC1. The minimum absolute atomic E-state index is 0.0703. The highest BCUT2D eigenvalue weighted by Gasteiger charge is 2.20. The Morgan fingerprint density at radius 1 is 1.25 bits per heavy atom. The molecule has 20 heavy (non-hydrogen) atoms. The molecule has 0 saturated carbocycles. The summed E-state index contributed by atoms with van der Waals surface area (Å²) in [6.45, 7) is 4.06. The van der Waals surface area contributed by atoms with E-state index in [4.69, 9.17) is 0 Å². The Balaban J connectivity index is 1.96. The molecular formula is C13H20FN3O2S. The molecule has 0 spiro atoms. The first-order valence-electron chi connectivity index (χ1n) is 6.64. The van der Waals surface area contributed by atoms with Crippen LogP contribution < -0.4 is 9.62 Å². The lowest BCUT2D eigenvalue weighted by molar-refractivity contribution is 0.254. The van der Waals surface area contributed by atoms with E-state index in [1.165, 1.54) is 35.6 Å². The topological polar surface area (TPSA) is 52.7 Å². The molecule has 7 heteroatoms. The van der Waals surface area contributed by atoms with Gasteiger partial charge < -0.3 is 5.32 Å². The highest BCUT2D eigenvalue weighted by Crippen LogP contribution is 2.16. The Kier molecular flexibility index (Phi) is 4.95. The van der Waals surface area contributed by atoms with E-state index in [2.05, 4.69) is 10.2 Å². The molecule has 5 nitrogen and oxygen atoms in total. The summed E-state index contributed by atoms with van der Waals surface area (Å²) in [7, 11) is -1.88. The molecule has 1 fully saturated rings. The van der Waals surface area contributed by atoms with E-state index < -0.39 is 10.0 Å². The standard InChI is InChI=1S/C13H20FN3O2S/c1-16(13-4-2-12(14)3-5-13)20(18,19)11-10-17-8-6-15-7-9-17/h2-5,15H,6-11H2,1H3. The van der Waals surface area contributed by atoms with Crippen LogP contribution in [0.3, 0.4) is 0 Å². The number of benzene rings is 1. The third-order valence-corrected chi connectivity index (χ3v) is 5.23. The second kappa shape index (κ2) is 6.51. The van der Waals surface area contributed by atoms with Crippen molar-refractivity contribution in [3.63, 3.8) is 0 Å². The number of piperazine rings is 1. The third kappa shape index (κ3) is 3.91. The number of nitrogens with zero attached hydrogens (tertiary/aromatic N) is 2. The fourth-order valence-electron chi connectivity index (χ4n) is 2.13. The van der Waals surface area contributed by atoms with Crippen LogP contribution in [0.4, 0.5) is 10.1 Å². The van der Waals surface area contributed by atoms with Crippen LogP contribution in [0.1, 0.15) is 0 Å². The first kappa shape index (κ1) is 15.2. The Bertz CT molecular complexity index is 527. The lowest BCUT2D eigenvalue weighted by atomic mass is 10.3. The van der Waals surface area contributed by atoms with Crippen LogP contribution in [0, 0.1) is 5.82 Å². The maximum absolute atomic E-state index is 12.9. The summed E-state index contributed by atoms with van der Waals surface area (Å²) in [5.74, 6) is -0.304. The van der Waals surface area contributed by atoms with Crippen LogP contribution in [-0.4, -0.2) is 58.8 Å². The minimum Gasteiger partial charge on any atom is -0.314 e. The van der Waals surface area contributed by atoms with Gasteiger partial charge in [0.1, 0.15) is 5.82 Å². The quantitative estimate of drug-likeness (QED) is 0.860. The second-order valence-electron chi connectivity index (χ2n) is 4.85. The van der Waals surface area contributed by atoms with E-state index in [0.29, 0.717) is 12.2 Å². The highest BCUT2D eigenvalue weighted by molar-refractivity contribution is 7.92. The van der Waals surface area contributed by atoms with Crippen molar-refractivity contribution in [3.8, 4) is 0 Å². The third-order valence-electron chi connectivity index (χ3n) is 3.48. The van der Waals surface area contributed by atoms with E-state index in [1.54, 1.807) is 0 Å². The molecule has 0 aliphatic carbocycles. The summed E-state index contributed by atoms with van der Waals surface area (Å²) >= 11 is 0. The van der Waals surface area contributed by atoms with Crippen LogP contribution in [0.25, 0.3) is 0 Å². The van der Waals surface area contributed by atoms with Gasteiger partial charge in [-0.1, -0.05) is 0 Å². The molecule has 1 aromatic rings. The van der Waals surface area contributed by atoms with Crippen molar-refractivity contribution in [1.29, 1.82) is 0 Å². The first-order valence-corrected chi connectivity index (χ1v) is 8.25. The maximum atomic E-state index is 12.9. The van der Waals surface area contributed by atoms with E-state index in [0.717, 1.165) is 26.2 Å². The average molecular weight is 301 g/mol. The zero-order valence-corrected chi connectivity index (χ0v) is 12.4. The maximum Gasteiger partial charge on any atom is 0.236 e. The smallest absolute Gasteiger partial charge is 0.236 e. The predicted molar refractivity (Wildman–Crippen MR) is 77.9 cm³/mol. The van der Waals surface area contributed by atoms with Gasteiger partial charge in [-0.05, 0) is 24.3 Å². The summed E-state index contributed by atoms with van der Waals surface area (Å²) < 4.78 is 38.6. The van der Waals surface area contributed by atoms with Crippen molar-refractivity contribution in [3.05, 3.63) is 30.1 Å². The van der Waals surface area contributed by atoms with Gasteiger partial charge in [0.2, 0.25) is 10.0 Å². The Morgan fingerprint density at radius 3 is 2.45 bits per heavy atom. The second-order valence-corrected chi connectivity index (χ2v) is 6.97. The average Bonchev–Trinajstić information content (AvgIpc) is 2.46. The number of sulfonamides is 1. The molecule has 1 saturated heterocycles. The monoisotopic (exact) mass is 301 g/mol. The number of hydrogen-bond acceptors (Lipinski definition) is 4. The lowest BCUT2D eigenvalue weighted by Gasteiger charge is -2.28. The molecule has 0 atom stereocenters. The van der Waals surface area contributed by atoms with Crippen molar-refractivity contribution >= 4 is 15.7 Å². The predicted octanol–water partition coefficient (Wildman–Crippen LogP) is 0.497. The summed E-state index contributed by atoms with van der Waals surface area (Å²) in [6, 6.07) is 5.46. The van der Waals surface area contributed by atoms with Crippen molar-refractivity contribution < 1.29 is 12.8 Å². The van der Waals surface area contributed by atoms with Crippen molar-refractivity contribution in [2.24, 2.45) is 0 Å². The Labute approximate surface area is 119 Å². The molecule has 1 heterocycles. The van der Waals surface area contributed by atoms with Gasteiger partial charge in [0.25, 0.3) is 0 Å². The van der Waals surface area contributed by atoms with E-state index in [-0.39, 0.29) is 11.6 Å². The summed E-state index contributed by atoms with van der Waals surface area (Å²) in [6.07, 6.45) is 0. The van der Waals surface area contributed by atoms with Gasteiger partial charge in [0.05, 0.1) is 11.4 Å². The normalized spacial score (nSPS) is 17.1. The molecule has 1 aliphatic heterocycles. The molecule has 1 N–H and O–H groups in total. The lowest BCUT2D eigenvalue weighted by Crippen LogP contribution is -2.46. The molecule has 0 radical (unpaired) electrons. The van der Waals surface area contributed by atoms with Crippen LogP contribution in [0.5, 0.6) is 0 Å². The van der Waals surface area contributed by atoms with E-state index >= 15 is 0 Å². The summed E-state index contributed by atoms with van der Waals surface area (Å²) in [4.78, 5) is 2.13. The van der Waals surface area contributed by atoms with Gasteiger partial charge in [-0.25, -0.2) is 12.8 Å². The fourth-order valence-corrected chi connectivity index (χ4v) is 3.33. The number of halogens is 1. The number of anilines is 1. The van der Waals surface area contributed by atoms with Gasteiger partial charge >= 0.3 is 0 Å². The van der Waals surface area contributed by atoms with Crippen molar-refractivity contribution in [2.75, 3.05) is 49.8 Å². The van der Waals surface area contributed by atoms with Gasteiger partial charge in [0, 0.05) is 39.8 Å². The number of hydrogen-bond donors (Lipinski definition) is 1. The van der Waals surface area contributed by atoms with Gasteiger partial charge in [-0.2, -0.15) is 0 Å². The van der Waals surface area contributed by atoms with Gasteiger partial charge in [-0.15, -0.1) is 0 Å². The Morgan fingerprint density at radius 2 is 1.85 bits per heavy atom. The minimum atomic E-state index is -3.38. The molecule has 112 valence electrons. The Hall–Kier alpha value is -1.18. The first-order chi connectivity index (χ1) is 9.49. The van der Waals surface area contributed by atoms with Crippen LogP contribution in [0.15, 0.2) is 24.3 Å². The molecule has 0 aromatic heterocycles. The fraction of sp³-hybridized carbons (Fsp3) is 0.538. The van der Waals surface area contributed by atoms with Crippen molar-refractivity contribution in [2.45, 2.75) is 0 Å². The summed E-state index contributed by atoms with van der Waals surface area (Å²) in [5.41, 5.74) is 0.478. The molecule has 1 aliphatic rings. The van der Waals surface area contributed by atoms with Crippen LogP contribution in [-0.2, 0) is 10.0 Å². The van der Waals surface area contributed by atoms with Crippen LogP contribution >= 0.6 is 0 Å². The van der Waals surface area contributed by atoms with Gasteiger partial charge in [-0.3, -0.25) is 9.21 Å². The molecule has 2 rings (SSSR count). The molecule has 0 amide bonds. The molecule has 0 unspecified atom stereocenters. The van der Waals surface area contributed by atoms with E-state index in [1.807, 2.05) is 0 Å². The zero-order valence-electron chi connectivity index (χ0n) is 11.5. The largest absolute Gasteiger partial charge is 0.314 e. The number of rotatable bonds is 5. The zero-order chi connectivity index (χ0) is 14.6. The molecule has 0 bridgehead atoms. The van der Waals surface area contributed by atoms with Crippen molar-refractivity contribution in [1.82, 2.24) is 10.2 Å². The molecular weight excluding hydrogens is 281 g/mol. The summed E-state index contributed by atoms with van der Waals surface area (Å²) in [5, 5.41) is 3.23.